The van der Waals surface area contributed by atoms with Crippen molar-refractivity contribution in [2.45, 2.75) is 19.8 Å². The van der Waals surface area contributed by atoms with E-state index >= 15 is 0 Å². The largest absolute Gasteiger partial charge is 0.374 e. The van der Waals surface area contributed by atoms with Crippen molar-refractivity contribution >= 4 is 18.3 Å². The van der Waals surface area contributed by atoms with Crippen LogP contribution in [0.1, 0.15) is 18.4 Å². The second-order valence-corrected chi connectivity index (χ2v) is 4.09. The first-order chi connectivity index (χ1) is 6.75. The van der Waals surface area contributed by atoms with Crippen LogP contribution in [0.5, 0.6) is 0 Å². The van der Waals surface area contributed by atoms with E-state index in [9.17, 15) is 0 Å². The molecule has 0 aliphatic carbocycles. The van der Waals surface area contributed by atoms with Gasteiger partial charge in [0.1, 0.15) is 0 Å². The molecule has 0 fully saturated rings. The van der Waals surface area contributed by atoms with Crippen LogP contribution in [-0.4, -0.2) is 19.3 Å². The number of unbranched alkanes of at least 4 members (excludes halogenated alkanes) is 1. The summed E-state index contributed by atoms with van der Waals surface area (Å²) in [6.07, 6.45) is 2.41. The highest BCUT2D eigenvalue weighted by Crippen LogP contribution is 2.17. The van der Waals surface area contributed by atoms with Gasteiger partial charge in [0.2, 0.25) is 0 Å². The maximum atomic E-state index is 4.21. The molecule has 0 aliphatic heterocycles. The van der Waals surface area contributed by atoms with Crippen LogP contribution in [0.25, 0.3) is 0 Å². The second kappa shape index (κ2) is 5.97. The highest BCUT2D eigenvalue weighted by Gasteiger charge is 2.02. The Balaban J connectivity index is 2.51. The minimum Gasteiger partial charge on any atom is -0.374 e. The van der Waals surface area contributed by atoms with E-state index in [1.807, 2.05) is 0 Å². The van der Waals surface area contributed by atoms with Gasteiger partial charge in [0.05, 0.1) is 0 Å². The van der Waals surface area contributed by atoms with E-state index in [0.717, 1.165) is 12.3 Å². The molecular formula is C12H19NS. The van der Waals surface area contributed by atoms with Gasteiger partial charge in [-0.15, -0.1) is 0 Å². The third-order valence-corrected chi connectivity index (χ3v) is 2.74. The van der Waals surface area contributed by atoms with Gasteiger partial charge in [-0.1, -0.05) is 18.2 Å². The van der Waals surface area contributed by atoms with Gasteiger partial charge in [-0.3, -0.25) is 0 Å². The lowest BCUT2D eigenvalue weighted by molar-refractivity contribution is 0.772. The molecule has 2 heteroatoms. The average Bonchev–Trinajstić information content (AvgIpc) is 2.18. The van der Waals surface area contributed by atoms with Gasteiger partial charge in [-0.05, 0) is 37.1 Å². The summed E-state index contributed by atoms with van der Waals surface area (Å²) < 4.78 is 0. The van der Waals surface area contributed by atoms with E-state index in [-0.39, 0.29) is 0 Å². The van der Waals surface area contributed by atoms with Crippen molar-refractivity contribution in [2.24, 2.45) is 0 Å². The van der Waals surface area contributed by atoms with Crippen LogP contribution in [0.15, 0.2) is 24.3 Å². The summed E-state index contributed by atoms with van der Waals surface area (Å²) in [4.78, 5) is 2.32. The fourth-order valence-electron chi connectivity index (χ4n) is 1.57. The standard InChI is InChI=1S/C12H19NS/c1-11-7-3-4-8-12(11)13(2)9-5-6-10-14/h3-4,7-8,14H,5-6,9-10H2,1-2H3. The lowest BCUT2D eigenvalue weighted by Crippen LogP contribution is -2.19. The van der Waals surface area contributed by atoms with Crippen LogP contribution in [0.3, 0.4) is 0 Å². The number of nitrogens with zero attached hydrogens (tertiary/aromatic N) is 1. The molecule has 0 saturated heterocycles. The number of aryl methyl sites for hydroxylation is 1. The van der Waals surface area contributed by atoms with E-state index in [1.54, 1.807) is 0 Å². The molecule has 1 nitrogen and oxygen atoms in total. The number of hydrogen-bond donors (Lipinski definition) is 1. The molecule has 0 aliphatic rings. The van der Waals surface area contributed by atoms with Gasteiger partial charge in [0, 0.05) is 19.3 Å². The van der Waals surface area contributed by atoms with Crippen molar-refractivity contribution in [3.8, 4) is 0 Å². The van der Waals surface area contributed by atoms with Crippen molar-refractivity contribution < 1.29 is 0 Å². The Bertz CT molecular complexity index is 273. The smallest absolute Gasteiger partial charge is 0.0393 e. The molecule has 0 bridgehead atoms. The summed E-state index contributed by atoms with van der Waals surface area (Å²) in [7, 11) is 2.15. The molecule has 0 radical (unpaired) electrons. The average molecular weight is 209 g/mol. The normalized spacial score (nSPS) is 10.2. The summed E-state index contributed by atoms with van der Waals surface area (Å²) >= 11 is 4.21. The van der Waals surface area contributed by atoms with Gasteiger partial charge >= 0.3 is 0 Å². The Hall–Kier alpha value is -0.630. The summed E-state index contributed by atoms with van der Waals surface area (Å²) in [5.41, 5.74) is 2.69. The molecule has 78 valence electrons. The minimum absolute atomic E-state index is 0.988. The van der Waals surface area contributed by atoms with Gasteiger partial charge in [0.25, 0.3) is 0 Å². The fourth-order valence-corrected chi connectivity index (χ4v) is 1.80. The lowest BCUT2D eigenvalue weighted by Gasteiger charge is -2.21. The van der Waals surface area contributed by atoms with Gasteiger partial charge in [-0.2, -0.15) is 12.6 Å². The Morgan fingerprint density at radius 1 is 1.21 bits per heavy atom. The third kappa shape index (κ3) is 3.26. The Morgan fingerprint density at radius 3 is 2.57 bits per heavy atom. The number of rotatable bonds is 5. The zero-order chi connectivity index (χ0) is 10.4. The molecule has 0 unspecified atom stereocenters. The highest BCUT2D eigenvalue weighted by molar-refractivity contribution is 7.80. The molecule has 0 aromatic heterocycles. The molecular weight excluding hydrogens is 190 g/mol. The first-order valence-corrected chi connectivity index (χ1v) is 5.76. The van der Waals surface area contributed by atoms with Crippen LogP contribution >= 0.6 is 12.6 Å². The van der Waals surface area contributed by atoms with Gasteiger partial charge in [-0.25, -0.2) is 0 Å². The molecule has 0 heterocycles. The minimum atomic E-state index is 0.988. The SMILES string of the molecule is Cc1ccccc1N(C)CCCCS. The maximum absolute atomic E-state index is 4.21. The van der Waals surface area contributed by atoms with Crippen molar-refractivity contribution in [3.63, 3.8) is 0 Å². The predicted octanol–water partition coefficient (Wildman–Crippen LogP) is 3.14. The topological polar surface area (TPSA) is 3.24 Å². The van der Waals surface area contributed by atoms with E-state index in [1.165, 1.54) is 24.1 Å². The van der Waals surface area contributed by atoms with E-state index in [4.69, 9.17) is 0 Å². The van der Waals surface area contributed by atoms with Crippen molar-refractivity contribution in [1.29, 1.82) is 0 Å². The Morgan fingerprint density at radius 2 is 1.93 bits per heavy atom. The Kier molecular flexibility index (Phi) is 4.88. The van der Waals surface area contributed by atoms with E-state index in [0.29, 0.717) is 0 Å². The molecule has 14 heavy (non-hydrogen) atoms. The first-order valence-electron chi connectivity index (χ1n) is 5.13. The predicted molar refractivity (Wildman–Crippen MR) is 67.5 cm³/mol. The number of benzene rings is 1. The van der Waals surface area contributed by atoms with Gasteiger partial charge in [0.15, 0.2) is 0 Å². The zero-order valence-corrected chi connectivity index (χ0v) is 9.93. The molecule has 0 amide bonds. The second-order valence-electron chi connectivity index (χ2n) is 3.64. The summed E-state index contributed by atoms with van der Waals surface area (Å²) in [5, 5.41) is 0. The fraction of sp³-hybridized carbons (Fsp3) is 0.500. The van der Waals surface area contributed by atoms with Crippen molar-refractivity contribution in [3.05, 3.63) is 29.8 Å². The molecule has 1 rings (SSSR count). The summed E-state index contributed by atoms with van der Waals surface area (Å²) in [6, 6.07) is 8.51. The molecule has 0 saturated carbocycles. The van der Waals surface area contributed by atoms with Crippen molar-refractivity contribution in [1.82, 2.24) is 0 Å². The van der Waals surface area contributed by atoms with Crippen molar-refractivity contribution in [2.75, 3.05) is 24.2 Å². The number of thiol groups is 1. The van der Waals surface area contributed by atoms with Crippen LogP contribution in [0, 0.1) is 6.92 Å². The quantitative estimate of drug-likeness (QED) is 0.576. The molecule has 0 atom stereocenters. The number of hydrogen-bond acceptors (Lipinski definition) is 2. The lowest BCUT2D eigenvalue weighted by atomic mass is 10.2. The van der Waals surface area contributed by atoms with Crippen LogP contribution in [-0.2, 0) is 0 Å². The van der Waals surface area contributed by atoms with E-state index in [2.05, 4.69) is 55.8 Å². The molecule has 0 spiro atoms. The van der Waals surface area contributed by atoms with Crippen LogP contribution in [0.4, 0.5) is 5.69 Å². The number of anilines is 1. The monoisotopic (exact) mass is 209 g/mol. The zero-order valence-electron chi connectivity index (χ0n) is 9.03. The van der Waals surface area contributed by atoms with Gasteiger partial charge < -0.3 is 4.90 Å². The maximum Gasteiger partial charge on any atom is 0.0393 e. The van der Waals surface area contributed by atoms with E-state index < -0.39 is 0 Å². The highest BCUT2D eigenvalue weighted by atomic mass is 32.1. The Labute approximate surface area is 92.5 Å². The summed E-state index contributed by atoms with van der Waals surface area (Å²) in [5.74, 6) is 0.988. The first kappa shape index (κ1) is 11.4. The molecule has 1 aromatic rings. The van der Waals surface area contributed by atoms with Crippen LogP contribution in [0.2, 0.25) is 0 Å². The number of para-hydroxylation sites is 1. The molecule has 1 aromatic carbocycles. The summed E-state index contributed by atoms with van der Waals surface area (Å²) in [6.45, 7) is 3.27. The van der Waals surface area contributed by atoms with Crippen LogP contribution < -0.4 is 4.90 Å². The third-order valence-electron chi connectivity index (χ3n) is 2.43. The molecule has 0 N–H and O–H groups in total.